The number of benzene rings is 3. The number of rotatable bonds is 4. The highest BCUT2D eigenvalue weighted by molar-refractivity contribution is 7.22. The van der Waals surface area contributed by atoms with Gasteiger partial charge in [0.05, 0.1) is 34.0 Å². The van der Waals surface area contributed by atoms with Gasteiger partial charge in [-0.15, -0.1) is 11.3 Å². The van der Waals surface area contributed by atoms with Crippen molar-refractivity contribution >= 4 is 50.0 Å². The SMILES string of the molecule is CC(C)(C)O.Cc1cc2nc(-c3ccc4[nH]ncc4c3)sc2c(-c2ccc(Cl)cc2)c1CC(=O)O. The Hall–Kier alpha value is -3.26. The fraction of sp³-hybridized carbons (Fsp3) is 0.222. The van der Waals surface area contributed by atoms with E-state index >= 15 is 0 Å². The first-order valence-electron chi connectivity index (χ1n) is 11.1. The number of fused-ring (bicyclic) bond motifs is 2. The number of aromatic amines is 1. The molecule has 0 unspecified atom stereocenters. The van der Waals surface area contributed by atoms with Crippen molar-refractivity contribution in [1.82, 2.24) is 15.2 Å². The fourth-order valence-corrected chi connectivity index (χ4v) is 5.00. The monoisotopic (exact) mass is 507 g/mol. The van der Waals surface area contributed by atoms with Crippen LogP contribution in [0.1, 0.15) is 31.9 Å². The van der Waals surface area contributed by atoms with E-state index in [4.69, 9.17) is 21.7 Å². The number of aliphatic hydroxyl groups is 1. The van der Waals surface area contributed by atoms with Crippen LogP contribution < -0.4 is 0 Å². The highest BCUT2D eigenvalue weighted by Crippen LogP contribution is 2.41. The van der Waals surface area contributed by atoms with E-state index in [1.807, 2.05) is 49.4 Å². The molecule has 5 aromatic rings. The highest BCUT2D eigenvalue weighted by atomic mass is 35.5. The molecule has 6 nitrogen and oxygen atoms in total. The summed E-state index contributed by atoms with van der Waals surface area (Å²) >= 11 is 7.65. The van der Waals surface area contributed by atoms with Crippen LogP contribution in [0.25, 0.3) is 42.8 Å². The summed E-state index contributed by atoms with van der Waals surface area (Å²) in [5.74, 6) is -0.859. The molecule has 5 rings (SSSR count). The van der Waals surface area contributed by atoms with Crippen molar-refractivity contribution in [3.63, 3.8) is 0 Å². The van der Waals surface area contributed by atoms with Crippen LogP contribution in [0, 0.1) is 6.92 Å². The number of H-pyrrole nitrogens is 1. The van der Waals surface area contributed by atoms with Gasteiger partial charge in [0, 0.05) is 21.5 Å². The molecule has 0 aliphatic rings. The molecule has 0 saturated heterocycles. The van der Waals surface area contributed by atoms with Crippen molar-refractivity contribution in [3.05, 3.63) is 70.9 Å². The Kier molecular flexibility index (Phi) is 6.94. The summed E-state index contributed by atoms with van der Waals surface area (Å²) in [5.41, 5.74) is 5.90. The molecule has 180 valence electrons. The van der Waals surface area contributed by atoms with Gasteiger partial charge in [0.15, 0.2) is 0 Å². The Balaban J connectivity index is 0.000000527. The van der Waals surface area contributed by atoms with Gasteiger partial charge < -0.3 is 10.2 Å². The summed E-state index contributed by atoms with van der Waals surface area (Å²) in [6.45, 7) is 7.17. The average molecular weight is 508 g/mol. The van der Waals surface area contributed by atoms with Crippen LogP contribution in [0.2, 0.25) is 5.02 Å². The Morgan fingerprint density at radius 3 is 2.40 bits per heavy atom. The van der Waals surface area contributed by atoms with Crippen molar-refractivity contribution in [3.8, 4) is 21.7 Å². The molecule has 0 saturated carbocycles. The summed E-state index contributed by atoms with van der Waals surface area (Å²) in [6, 6.07) is 15.6. The molecule has 35 heavy (non-hydrogen) atoms. The standard InChI is InChI=1S/C23H16ClN3O2S.C4H10O/c1-12-8-19-22(21(17(12)10-20(28)29)13-2-5-16(24)6-3-13)30-23(26-19)14-4-7-18-15(9-14)11-25-27-18;1-4(2,3)5/h2-9,11H,10H2,1H3,(H,25,27)(H,28,29);5H,1-3H3. The smallest absolute Gasteiger partial charge is 0.307 e. The molecular formula is C27H26ClN3O3S. The van der Waals surface area contributed by atoms with Gasteiger partial charge in [-0.3, -0.25) is 9.89 Å². The lowest BCUT2D eigenvalue weighted by Gasteiger charge is -2.13. The lowest BCUT2D eigenvalue weighted by molar-refractivity contribution is -0.136. The predicted octanol–water partition coefficient (Wildman–Crippen LogP) is 6.87. The van der Waals surface area contributed by atoms with Crippen molar-refractivity contribution < 1.29 is 15.0 Å². The van der Waals surface area contributed by atoms with Crippen LogP contribution in [0.3, 0.4) is 0 Å². The highest BCUT2D eigenvalue weighted by Gasteiger charge is 2.19. The third-order valence-electron chi connectivity index (χ3n) is 5.16. The number of carboxylic acid groups (broad SMARTS) is 1. The Morgan fingerprint density at radius 1 is 1.09 bits per heavy atom. The van der Waals surface area contributed by atoms with Gasteiger partial charge in [-0.1, -0.05) is 23.7 Å². The van der Waals surface area contributed by atoms with Crippen LogP contribution in [0.4, 0.5) is 0 Å². The summed E-state index contributed by atoms with van der Waals surface area (Å²) in [4.78, 5) is 16.5. The minimum atomic E-state index is -0.859. The topological polar surface area (TPSA) is 99.1 Å². The van der Waals surface area contributed by atoms with Crippen LogP contribution in [0.5, 0.6) is 0 Å². The number of carboxylic acids is 1. The third-order valence-corrected chi connectivity index (χ3v) is 6.55. The lowest BCUT2D eigenvalue weighted by Crippen LogP contribution is -2.10. The lowest BCUT2D eigenvalue weighted by atomic mass is 9.93. The maximum Gasteiger partial charge on any atom is 0.307 e. The van der Waals surface area contributed by atoms with Crippen LogP contribution in [-0.2, 0) is 11.2 Å². The molecular weight excluding hydrogens is 482 g/mol. The molecule has 0 bridgehead atoms. The first kappa shape index (κ1) is 24.9. The minimum absolute atomic E-state index is 0.0477. The minimum Gasteiger partial charge on any atom is -0.481 e. The molecule has 0 amide bonds. The molecule has 0 aliphatic carbocycles. The van der Waals surface area contributed by atoms with Crippen molar-refractivity contribution in [2.24, 2.45) is 0 Å². The van der Waals surface area contributed by atoms with Crippen molar-refractivity contribution in [1.29, 1.82) is 0 Å². The Bertz CT molecular complexity index is 1510. The number of hydrogen-bond acceptors (Lipinski definition) is 5. The normalized spacial score (nSPS) is 11.5. The second kappa shape index (κ2) is 9.77. The van der Waals surface area contributed by atoms with E-state index < -0.39 is 11.6 Å². The van der Waals surface area contributed by atoms with Gasteiger partial charge in [-0.05, 0) is 80.8 Å². The predicted molar refractivity (Wildman–Crippen MR) is 143 cm³/mol. The van der Waals surface area contributed by atoms with Crippen LogP contribution in [0.15, 0.2) is 54.7 Å². The van der Waals surface area contributed by atoms with E-state index in [2.05, 4.69) is 16.3 Å². The maximum absolute atomic E-state index is 11.6. The molecule has 3 N–H and O–H groups in total. The second-order valence-corrected chi connectivity index (χ2v) is 10.8. The number of aryl methyl sites for hydroxylation is 1. The number of halogens is 1. The van der Waals surface area contributed by atoms with Gasteiger partial charge in [-0.25, -0.2) is 4.98 Å². The summed E-state index contributed by atoms with van der Waals surface area (Å²) in [7, 11) is 0. The molecule has 0 radical (unpaired) electrons. The molecule has 0 fully saturated rings. The van der Waals surface area contributed by atoms with E-state index in [0.29, 0.717) is 5.02 Å². The zero-order valence-electron chi connectivity index (χ0n) is 19.9. The van der Waals surface area contributed by atoms with Crippen molar-refractivity contribution in [2.75, 3.05) is 0 Å². The van der Waals surface area contributed by atoms with Gasteiger partial charge in [-0.2, -0.15) is 5.10 Å². The number of nitrogens with zero attached hydrogens (tertiary/aromatic N) is 2. The van der Waals surface area contributed by atoms with Crippen LogP contribution >= 0.6 is 22.9 Å². The van der Waals surface area contributed by atoms with Gasteiger partial charge >= 0.3 is 5.97 Å². The van der Waals surface area contributed by atoms with E-state index in [1.54, 1.807) is 38.3 Å². The number of nitrogens with one attached hydrogen (secondary N) is 1. The molecule has 3 aromatic carbocycles. The van der Waals surface area contributed by atoms with E-state index in [1.165, 1.54) is 0 Å². The molecule has 0 aliphatic heterocycles. The number of thiazole rings is 1. The number of hydrogen-bond donors (Lipinski definition) is 3. The Labute approximate surface area is 212 Å². The largest absolute Gasteiger partial charge is 0.481 e. The number of aromatic nitrogens is 3. The molecule has 8 heteroatoms. The zero-order chi connectivity index (χ0) is 25.3. The third kappa shape index (κ3) is 5.88. The van der Waals surface area contributed by atoms with E-state index in [0.717, 1.165) is 53.9 Å². The molecule has 2 aromatic heterocycles. The first-order valence-corrected chi connectivity index (χ1v) is 12.3. The average Bonchev–Trinajstić information content (AvgIpc) is 3.40. The fourth-order valence-electron chi connectivity index (χ4n) is 3.74. The summed E-state index contributed by atoms with van der Waals surface area (Å²) in [5, 5.41) is 27.6. The molecule has 2 heterocycles. The summed E-state index contributed by atoms with van der Waals surface area (Å²) in [6.07, 6.45) is 1.74. The quantitative estimate of drug-likeness (QED) is 0.246. The zero-order valence-corrected chi connectivity index (χ0v) is 21.5. The molecule has 0 atom stereocenters. The van der Waals surface area contributed by atoms with Gasteiger partial charge in [0.2, 0.25) is 0 Å². The van der Waals surface area contributed by atoms with Crippen LogP contribution in [-0.4, -0.2) is 37.0 Å². The second-order valence-electron chi connectivity index (χ2n) is 9.33. The van der Waals surface area contributed by atoms with E-state index in [9.17, 15) is 9.90 Å². The Morgan fingerprint density at radius 2 is 1.74 bits per heavy atom. The summed E-state index contributed by atoms with van der Waals surface area (Å²) < 4.78 is 0.974. The van der Waals surface area contributed by atoms with E-state index in [-0.39, 0.29) is 6.42 Å². The van der Waals surface area contributed by atoms with Crippen molar-refractivity contribution in [2.45, 2.75) is 39.7 Å². The number of carbonyl (C=O) groups is 1. The first-order chi connectivity index (χ1) is 16.5. The van der Waals surface area contributed by atoms with Gasteiger partial charge in [0.25, 0.3) is 0 Å². The molecule has 0 spiro atoms. The number of aliphatic carboxylic acids is 1. The van der Waals surface area contributed by atoms with Gasteiger partial charge in [0.1, 0.15) is 5.01 Å². The maximum atomic E-state index is 11.6.